The number of aromatic nitrogens is 3. The van der Waals surface area contributed by atoms with Gasteiger partial charge in [-0.25, -0.2) is 9.78 Å². The number of pyridine rings is 1. The highest BCUT2D eigenvalue weighted by molar-refractivity contribution is 6.29. The van der Waals surface area contributed by atoms with Crippen LogP contribution in [0.1, 0.15) is 0 Å². The van der Waals surface area contributed by atoms with E-state index in [1.165, 1.54) is 6.07 Å². The number of fused-ring (bicyclic) bond motifs is 1. The lowest BCUT2D eigenvalue weighted by molar-refractivity contribution is -0.137. The quantitative estimate of drug-likeness (QED) is 0.730. The van der Waals surface area contributed by atoms with Crippen molar-refractivity contribution in [1.29, 1.82) is 0 Å². The number of hydrogen-bond donors (Lipinski definition) is 2. The van der Waals surface area contributed by atoms with Crippen LogP contribution in [0.15, 0.2) is 16.9 Å². The first-order valence-corrected chi connectivity index (χ1v) is 4.42. The maximum Gasteiger partial charge on any atom is 0.328 e. The number of imidazole rings is 1. The molecule has 6 nitrogen and oxygen atoms in total. The number of halogens is 1. The van der Waals surface area contributed by atoms with E-state index in [9.17, 15) is 9.59 Å². The monoisotopic (exact) mass is 227 g/mol. The van der Waals surface area contributed by atoms with Gasteiger partial charge in [0, 0.05) is 0 Å². The standard InChI is InChI=1S/C8H6ClN3O3/c9-5-2-1-4-7(11-5)12(3-6(13)14)8(15)10-4/h1-2H,3H2,(H,10,15)(H,13,14). The van der Waals surface area contributed by atoms with Gasteiger partial charge in [0.2, 0.25) is 0 Å². The Hall–Kier alpha value is -1.82. The largest absolute Gasteiger partial charge is 0.480 e. The highest BCUT2D eigenvalue weighted by Crippen LogP contribution is 2.11. The number of nitrogens with zero attached hydrogens (tertiary/aromatic N) is 2. The van der Waals surface area contributed by atoms with Crippen LogP contribution in [0.5, 0.6) is 0 Å². The minimum atomic E-state index is -1.11. The molecule has 0 amide bonds. The van der Waals surface area contributed by atoms with Crippen LogP contribution in [0, 0.1) is 0 Å². The van der Waals surface area contributed by atoms with Crippen molar-refractivity contribution in [3.63, 3.8) is 0 Å². The number of rotatable bonds is 2. The molecule has 0 aliphatic rings. The average molecular weight is 228 g/mol. The molecule has 0 saturated carbocycles. The topological polar surface area (TPSA) is 88.0 Å². The van der Waals surface area contributed by atoms with Crippen LogP contribution in [-0.4, -0.2) is 25.6 Å². The number of aliphatic carboxylic acids is 1. The molecule has 78 valence electrons. The summed E-state index contributed by atoms with van der Waals surface area (Å²) >= 11 is 5.65. The molecule has 2 rings (SSSR count). The van der Waals surface area contributed by atoms with Crippen LogP contribution >= 0.6 is 11.6 Å². The molecule has 2 aromatic rings. The van der Waals surface area contributed by atoms with Crippen LogP contribution in [0.4, 0.5) is 0 Å². The van der Waals surface area contributed by atoms with E-state index in [0.29, 0.717) is 5.52 Å². The van der Waals surface area contributed by atoms with E-state index in [4.69, 9.17) is 16.7 Å². The Morgan fingerprint density at radius 3 is 3.00 bits per heavy atom. The third-order valence-corrected chi connectivity index (χ3v) is 2.09. The van der Waals surface area contributed by atoms with E-state index in [-0.39, 0.29) is 10.8 Å². The molecule has 0 fully saturated rings. The van der Waals surface area contributed by atoms with E-state index in [2.05, 4.69) is 9.97 Å². The van der Waals surface area contributed by atoms with E-state index in [0.717, 1.165) is 4.57 Å². The first-order chi connectivity index (χ1) is 7.08. The number of hydrogen-bond acceptors (Lipinski definition) is 3. The van der Waals surface area contributed by atoms with Gasteiger partial charge >= 0.3 is 11.7 Å². The predicted octanol–water partition coefficient (Wildman–Crippen LogP) is 0.463. The molecule has 0 radical (unpaired) electrons. The molecule has 0 bridgehead atoms. The predicted molar refractivity (Wildman–Crippen MR) is 53.0 cm³/mol. The number of aromatic amines is 1. The fourth-order valence-corrected chi connectivity index (χ4v) is 1.43. The van der Waals surface area contributed by atoms with E-state index in [1.807, 2.05) is 0 Å². The Bertz CT molecular complexity index is 586. The first-order valence-electron chi connectivity index (χ1n) is 4.05. The molecule has 2 heterocycles. The maximum atomic E-state index is 11.3. The van der Waals surface area contributed by atoms with Crippen LogP contribution in [0.25, 0.3) is 11.2 Å². The molecule has 0 aliphatic heterocycles. The van der Waals surface area contributed by atoms with Crippen molar-refractivity contribution in [3.05, 3.63) is 27.8 Å². The third-order valence-electron chi connectivity index (χ3n) is 1.88. The number of H-pyrrole nitrogens is 1. The normalized spacial score (nSPS) is 10.7. The van der Waals surface area contributed by atoms with Crippen LogP contribution in [-0.2, 0) is 11.3 Å². The molecule has 0 saturated heterocycles. The summed E-state index contributed by atoms with van der Waals surface area (Å²) in [6, 6.07) is 3.09. The minimum Gasteiger partial charge on any atom is -0.480 e. The van der Waals surface area contributed by atoms with Crippen LogP contribution in [0.2, 0.25) is 5.15 Å². The summed E-state index contributed by atoms with van der Waals surface area (Å²) in [5.41, 5.74) is 0.197. The zero-order valence-corrected chi connectivity index (χ0v) is 8.15. The Balaban J connectivity index is 2.70. The van der Waals surface area contributed by atoms with Crippen molar-refractivity contribution < 1.29 is 9.90 Å². The van der Waals surface area contributed by atoms with Gasteiger partial charge < -0.3 is 10.1 Å². The Labute approximate surface area is 88.1 Å². The number of carboxylic acid groups (broad SMARTS) is 1. The molecule has 0 unspecified atom stereocenters. The number of nitrogens with one attached hydrogen (secondary N) is 1. The van der Waals surface area contributed by atoms with Gasteiger partial charge in [-0.1, -0.05) is 11.6 Å². The van der Waals surface area contributed by atoms with Crippen molar-refractivity contribution in [2.75, 3.05) is 0 Å². The van der Waals surface area contributed by atoms with E-state index < -0.39 is 18.2 Å². The molecule has 0 spiro atoms. The molecule has 0 aromatic carbocycles. The van der Waals surface area contributed by atoms with Crippen molar-refractivity contribution in [1.82, 2.24) is 14.5 Å². The second-order valence-electron chi connectivity index (χ2n) is 2.92. The fourth-order valence-electron chi connectivity index (χ4n) is 1.29. The molecular formula is C8H6ClN3O3. The highest BCUT2D eigenvalue weighted by Gasteiger charge is 2.10. The molecular weight excluding hydrogens is 222 g/mol. The zero-order chi connectivity index (χ0) is 11.0. The van der Waals surface area contributed by atoms with Gasteiger partial charge in [-0.3, -0.25) is 9.36 Å². The summed E-state index contributed by atoms with van der Waals surface area (Å²) in [5.74, 6) is -1.11. The van der Waals surface area contributed by atoms with Crippen molar-refractivity contribution >= 4 is 28.7 Å². The van der Waals surface area contributed by atoms with Crippen LogP contribution in [0.3, 0.4) is 0 Å². The van der Waals surface area contributed by atoms with Gasteiger partial charge in [-0.2, -0.15) is 0 Å². The summed E-state index contributed by atoms with van der Waals surface area (Å²) in [6.07, 6.45) is 0. The number of carboxylic acids is 1. The maximum absolute atomic E-state index is 11.3. The SMILES string of the molecule is O=C(O)Cn1c(=O)[nH]c2ccc(Cl)nc21. The summed E-state index contributed by atoms with van der Waals surface area (Å²) in [7, 11) is 0. The second-order valence-corrected chi connectivity index (χ2v) is 3.30. The van der Waals surface area contributed by atoms with Crippen molar-refractivity contribution in [3.8, 4) is 0 Å². The van der Waals surface area contributed by atoms with Gasteiger partial charge in [-0.05, 0) is 12.1 Å². The van der Waals surface area contributed by atoms with Crippen molar-refractivity contribution in [2.24, 2.45) is 0 Å². The van der Waals surface area contributed by atoms with E-state index in [1.54, 1.807) is 6.07 Å². The van der Waals surface area contributed by atoms with Crippen LogP contribution < -0.4 is 5.69 Å². The summed E-state index contributed by atoms with van der Waals surface area (Å²) in [6.45, 7) is -0.438. The van der Waals surface area contributed by atoms with Crippen molar-refractivity contribution in [2.45, 2.75) is 6.54 Å². The summed E-state index contributed by atoms with van der Waals surface area (Å²) in [4.78, 5) is 28.2. The second kappa shape index (κ2) is 3.39. The number of carbonyl (C=O) groups is 1. The molecule has 0 aliphatic carbocycles. The lowest BCUT2D eigenvalue weighted by Crippen LogP contribution is -2.21. The third kappa shape index (κ3) is 1.71. The lowest BCUT2D eigenvalue weighted by atomic mass is 10.4. The van der Waals surface area contributed by atoms with E-state index >= 15 is 0 Å². The molecule has 7 heteroatoms. The zero-order valence-electron chi connectivity index (χ0n) is 7.40. The van der Waals surface area contributed by atoms with Gasteiger partial charge in [0.25, 0.3) is 0 Å². The van der Waals surface area contributed by atoms with Gasteiger partial charge in [-0.15, -0.1) is 0 Å². The smallest absolute Gasteiger partial charge is 0.328 e. The Kier molecular flexibility index (Phi) is 2.20. The highest BCUT2D eigenvalue weighted by atomic mass is 35.5. The molecule has 0 atom stereocenters. The summed E-state index contributed by atoms with van der Waals surface area (Å²) < 4.78 is 1.02. The average Bonchev–Trinajstić information content (AvgIpc) is 2.43. The van der Waals surface area contributed by atoms with Gasteiger partial charge in [0.15, 0.2) is 5.65 Å². The molecule has 2 aromatic heterocycles. The fraction of sp³-hybridized carbons (Fsp3) is 0.125. The lowest BCUT2D eigenvalue weighted by Gasteiger charge is -1.97. The summed E-state index contributed by atoms with van der Waals surface area (Å²) in [5, 5.41) is 8.81. The minimum absolute atomic E-state index is 0.209. The molecule has 2 N–H and O–H groups in total. The molecule has 15 heavy (non-hydrogen) atoms. The van der Waals surface area contributed by atoms with Gasteiger partial charge in [0.1, 0.15) is 11.7 Å². The Morgan fingerprint density at radius 1 is 1.60 bits per heavy atom. The Morgan fingerprint density at radius 2 is 2.33 bits per heavy atom. The first kappa shape index (κ1) is 9.72. The van der Waals surface area contributed by atoms with Gasteiger partial charge in [0.05, 0.1) is 5.52 Å².